The number of carbonyl (C=O) groups is 1. The van der Waals surface area contributed by atoms with E-state index in [4.69, 9.17) is 0 Å². The van der Waals surface area contributed by atoms with E-state index in [9.17, 15) is 30.8 Å². The van der Waals surface area contributed by atoms with Crippen LogP contribution in [0.25, 0.3) is 11.1 Å². The predicted octanol–water partition coefficient (Wildman–Crippen LogP) is 3.46. The first kappa shape index (κ1) is 23.6. The van der Waals surface area contributed by atoms with Crippen LogP contribution < -0.4 is 4.72 Å². The van der Waals surface area contributed by atoms with E-state index in [1.54, 1.807) is 0 Å². The highest BCUT2D eigenvalue weighted by molar-refractivity contribution is 7.88. The summed E-state index contributed by atoms with van der Waals surface area (Å²) in [4.78, 5) is 14.0. The van der Waals surface area contributed by atoms with Crippen LogP contribution in [0.2, 0.25) is 0 Å². The van der Waals surface area contributed by atoms with E-state index < -0.39 is 69.6 Å². The summed E-state index contributed by atoms with van der Waals surface area (Å²) in [7, 11) is -3.69. The Bertz CT molecular complexity index is 1170. The largest absolute Gasteiger partial charge is 0.337 e. The van der Waals surface area contributed by atoms with Gasteiger partial charge in [0.2, 0.25) is 22.4 Å². The molecule has 1 aliphatic carbocycles. The van der Waals surface area contributed by atoms with E-state index in [-0.39, 0.29) is 24.1 Å². The molecule has 2 aromatic carbocycles. The van der Waals surface area contributed by atoms with Crippen LogP contribution in [-0.2, 0) is 20.5 Å². The van der Waals surface area contributed by atoms with Crippen LogP contribution >= 0.6 is 0 Å². The lowest BCUT2D eigenvalue weighted by Crippen LogP contribution is -2.65. The zero-order chi connectivity index (χ0) is 24.1. The summed E-state index contributed by atoms with van der Waals surface area (Å²) >= 11 is 0. The van der Waals surface area contributed by atoms with Gasteiger partial charge in [-0.1, -0.05) is 30.3 Å². The maximum Gasteiger partial charge on any atom is 0.245 e. The van der Waals surface area contributed by atoms with E-state index in [1.807, 2.05) is 0 Å². The summed E-state index contributed by atoms with van der Waals surface area (Å²) in [6.45, 7) is -0.745. The molecule has 0 spiro atoms. The molecule has 11 heteroatoms. The van der Waals surface area contributed by atoms with Crippen LogP contribution in [0.3, 0.4) is 0 Å². The molecule has 1 amide bonds. The highest BCUT2D eigenvalue weighted by Crippen LogP contribution is 2.59. The first-order valence-electron chi connectivity index (χ1n) is 10.2. The van der Waals surface area contributed by atoms with E-state index in [2.05, 4.69) is 4.72 Å². The standard InChI is InChI=1S/C22H21F5N2O3S/c1-33(31,32)28-10-18-13(20(25)26)11-29(18)21(30)15-9-22(15,27)14-6-3-2-5-12(14)19-16(23)7-4-8-17(19)24/h2-8,13,15,18,20,28H,9-11H2,1H3/t13-,15+,18+,22-/m1/s1. The number of rotatable bonds is 7. The molecule has 1 heterocycles. The van der Waals surface area contributed by atoms with Crippen molar-refractivity contribution in [2.24, 2.45) is 11.8 Å². The van der Waals surface area contributed by atoms with Crippen molar-refractivity contribution in [2.45, 2.75) is 24.6 Å². The van der Waals surface area contributed by atoms with Crippen LogP contribution in [0.5, 0.6) is 0 Å². The molecule has 2 fully saturated rings. The van der Waals surface area contributed by atoms with Crippen molar-refractivity contribution in [3.05, 3.63) is 59.7 Å². The van der Waals surface area contributed by atoms with Crippen molar-refractivity contribution in [3.63, 3.8) is 0 Å². The van der Waals surface area contributed by atoms with Crippen LogP contribution in [-0.4, -0.2) is 51.0 Å². The zero-order valence-corrected chi connectivity index (χ0v) is 18.3. The minimum absolute atomic E-state index is 0.0322. The molecule has 1 aliphatic heterocycles. The lowest BCUT2D eigenvalue weighted by Gasteiger charge is -2.48. The zero-order valence-electron chi connectivity index (χ0n) is 17.4. The molecule has 0 aromatic heterocycles. The van der Waals surface area contributed by atoms with Gasteiger partial charge in [-0.2, -0.15) is 0 Å². The van der Waals surface area contributed by atoms with Crippen molar-refractivity contribution in [1.29, 1.82) is 0 Å². The lowest BCUT2D eigenvalue weighted by atomic mass is 9.87. The maximum absolute atomic E-state index is 15.9. The Balaban J connectivity index is 1.59. The number of alkyl halides is 3. The molecule has 2 aromatic rings. The molecule has 5 nitrogen and oxygen atoms in total. The van der Waals surface area contributed by atoms with Crippen LogP contribution in [0, 0.1) is 23.5 Å². The average molecular weight is 488 g/mol. The SMILES string of the molecule is CS(=O)(=O)NC[C@H]1[C@H](C(F)F)CN1C(=O)[C@@H]1C[C@@]1(F)c1ccccc1-c1c(F)cccc1F. The van der Waals surface area contributed by atoms with Crippen molar-refractivity contribution in [2.75, 3.05) is 19.3 Å². The highest BCUT2D eigenvalue weighted by Gasteiger charge is 2.64. The Morgan fingerprint density at radius 3 is 2.39 bits per heavy atom. The number of halogens is 5. The van der Waals surface area contributed by atoms with Gasteiger partial charge in [0.25, 0.3) is 0 Å². The van der Waals surface area contributed by atoms with Crippen LogP contribution in [0.4, 0.5) is 22.0 Å². The Labute approximate surface area is 187 Å². The molecule has 4 atom stereocenters. The van der Waals surface area contributed by atoms with Gasteiger partial charge in [0, 0.05) is 19.5 Å². The van der Waals surface area contributed by atoms with Crippen molar-refractivity contribution < 1.29 is 35.2 Å². The molecule has 0 radical (unpaired) electrons. The number of carbonyl (C=O) groups excluding carboxylic acids is 1. The second-order valence-electron chi connectivity index (χ2n) is 8.44. The van der Waals surface area contributed by atoms with E-state index >= 15 is 4.39 Å². The third-order valence-electron chi connectivity index (χ3n) is 6.26. The molecule has 1 saturated heterocycles. The maximum atomic E-state index is 15.9. The van der Waals surface area contributed by atoms with Gasteiger partial charge in [0.1, 0.15) is 17.3 Å². The van der Waals surface area contributed by atoms with Gasteiger partial charge < -0.3 is 4.90 Å². The summed E-state index contributed by atoms with van der Waals surface area (Å²) < 4.78 is 96.0. The summed E-state index contributed by atoms with van der Waals surface area (Å²) in [5, 5.41) is 0. The number of hydrogen-bond donors (Lipinski definition) is 1. The molecule has 1 saturated carbocycles. The number of amides is 1. The minimum atomic E-state index is -3.69. The molecule has 4 rings (SSSR count). The van der Waals surface area contributed by atoms with Gasteiger partial charge in [-0.05, 0) is 23.3 Å². The topological polar surface area (TPSA) is 66.5 Å². The molecule has 1 N–H and O–H groups in total. The van der Waals surface area contributed by atoms with Crippen molar-refractivity contribution >= 4 is 15.9 Å². The van der Waals surface area contributed by atoms with Crippen molar-refractivity contribution in [1.82, 2.24) is 9.62 Å². The summed E-state index contributed by atoms with van der Waals surface area (Å²) in [5.74, 6) is -4.98. The summed E-state index contributed by atoms with van der Waals surface area (Å²) in [5.41, 5.74) is -2.74. The highest BCUT2D eigenvalue weighted by atomic mass is 32.2. The number of sulfonamides is 1. The van der Waals surface area contributed by atoms with E-state index in [1.165, 1.54) is 30.3 Å². The quantitative estimate of drug-likeness (QED) is 0.608. The molecule has 178 valence electrons. The molecule has 33 heavy (non-hydrogen) atoms. The van der Waals surface area contributed by atoms with Gasteiger partial charge in [0.15, 0.2) is 0 Å². The summed E-state index contributed by atoms with van der Waals surface area (Å²) in [6.07, 6.45) is -2.19. The van der Waals surface area contributed by atoms with Crippen molar-refractivity contribution in [3.8, 4) is 11.1 Å². The van der Waals surface area contributed by atoms with Gasteiger partial charge >= 0.3 is 0 Å². The number of nitrogens with zero attached hydrogens (tertiary/aromatic N) is 1. The fourth-order valence-electron chi connectivity index (χ4n) is 4.41. The third-order valence-corrected chi connectivity index (χ3v) is 6.95. The number of benzene rings is 2. The molecular weight excluding hydrogens is 467 g/mol. The average Bonchev–Trinajstić information content (AvgIpc) is 3.39. The Morgan fingerprint density at radius 2 is 1.79 bits per heavy atom. The van der Waals surface area contributed by atoms with Crippen LogP contribution in [0.15, 0.2) is 42.5 Å². The van der Waals surface area contributed by atoms with Gasteiger partial charge in [-0.25, -0.2) is 35.1 Å². The second-order valence-corrected chi connectivity index (χ2v) is 10.3. The fraction of sp³-hybridized carbons (Fsp3) is 0.409. The minimum Gasteiger partial charge on any atom is -0.337 e. The molecule has 2 aliphatic rings. The summed E-state index contributed by atoms with van der Waals surface area (Å²) in [6, 6.07) is 7.81. The first-order valence-corrected chi connectivity index (χ1v) is 12.1. The van der Waals surface area contributed by atoms with Gasteiger partial charge in [0.05, 0.1) is 29.7 Å². The lowest BCUT2D eigenvalue weighted by molar-refractivity contribution is -0.153. The predicted molar refractivity (Wildman–Crippen MR) is 111 cm³/mol. The first-order chi connectivity index (χ1) is 15.4. The Kier molecular flexibility index (Phi) is 5.98. The smallest absolute Gasteiger partial charge is 0.245 e. The monoisotopic (exact) mass is 488 g/mol. The van der Waals surface area contributed by atoms with Gasteiger partial charge in [-0.3, -0.25) is 4.79 Å². The normalized spacial score (nSPS) is 26.9. The fourth-order valence-corrected chi connectivity index (χ4v) is 4.89. The number of nitrogens with one attached hydrogen (secondary N) is 1. The number of likely N-dealkylation sites (tertiary alicyclic amines) is 1. The molecule has 0 unspecified atom stereocenters. The molecular formula is C22H21F5N2O3S. The molecule has 0 bridgehead atoms. The second kappa shape index (κ2) is 8.35. The van der Waals surface area contributed by atoms with E-state index in [0.717, 1.165) is 23.3 Å². The number of hydrogen-bond acceptors (Lipinski definition) is 3. The Morgan fingerprint density at radius 1 is 1.15 bits per heavy atom. The Hall–Kier alpha value is -2.53. The van der Waals surface area contributed by atoms with Crippen LogP contribution in [0.1, 0.15) is 12.0 Å². The van der Waals surface area contributed by atoms with Gasteiger partial charge in [-0.15, -0.1) is 0 Å². The third kappa shape index (κ3) is 4.35. The van der Waals surface area contributed by atoms with E-state index in [0.29, 0.717) is 0 Å².